The van der Waals surface area contributed by atoms with E-state index in [0.29, 0.717) is 22.7 Å². The van der Waals surface area contributed by atoms with Crippen LogP contribution in [-0.2, 0) is 9.59 Å². The first kappa shape index (κ1) is 19.1. The number of hydrogen-bond acceptors (Lipinski definition) is 5. The van der Waals surface area contributed by atoms with Crippen molar-refractivity contribution in [3.63, 3.8) is 0 Å². The fraction of sp³-hybridized carbons (Fsp3) is 0.105. The van der Waals surface area contributed by atoms with Crippen LogP contribution in [0.1, 0.15) is 5.56 Å². The SMILES string of the molecule is COc1ccc(/C=C2/C(=O)NC(=S)N(c3cccc(Br)c3)C2=O)c(OC)c1. The van der Waals surface area contributed by atoms with E-state index in [2.05, 4.69) is 21.2 Å². The van der Waals surface area contributed by atoms with Gasteiger partial charge in [-0.25, -0.2) is 0 Å². The number of nitrogens with zero attached hydrogens (tertiary/aromatic N) is 1. The van der Waals surface area contributed by atoms with Gasteiger partial charge in [0.1, 0.15) is 17.1 Å². The van der Waals surface area contributed by atoms with Crippen LogP contribution in [0.15, 0.2) is 52.5 Å². The molecule has 1 heterocycles. The average molecular weight is 447 g/mol. The fourth-order valence-electron chi connectivity index (χ4n) is 2.60. The van der Waals surface area contributed by atoms with E-state index in [4.69, 9.17) is 21.7 Å². The van der Waals surface area contributed by atoms with Crippen LogP contribution in [0.25, 0.3) is 6.08 Å². The molecule has 27 heavy (non-hydrogen) atoms. The number of thiocarbonyl (C=S) groups is 1. The van der Waals surface area contributed by atoms with Gasteiger partial charge < -0.3 is 9.47 Å². The normalized spacial score (nSPS) is 15.7. The van der Waals surface area contributed by atoms with E-state index in [0.717, 1.165) is 4.47 Å². The summed E-state index contributed by atoms with van der Waals surface area (Å²) in [5, 5.41) is 2.59. The van der Waals surface area contributed by atoms with Crippen LogP contribution < -0.4 is 19.7 Å². The molecule has 0 aliphatic carbocycles. The molecule has 0 atom stereocenters. The first-order valence-electron chi connectivity index (χ1n) is 7.83. The lowest BCUT2D eigenvalue weighted by Gasteiger charge is -2.29. The van der Waals surface area contributed by atoms with Crippen molar-refractivity contribution >= 4 is 56.8 Å². The van der Waals surface area contributed by atoms with Gasteiger partial charge in [-0.05, 0) is 48.6 Å². The van der Waals surface area contributed by atoms with Crippen molar-refractivity contribution in [3.8, 4) is 11.5 Å². The molecule has 1 fully saturated rings. The van der Waals surface area contributed by atoms with Crippen LogP contribution in [0.3, 0.4) is 0 Å². The second-order valence-electron chi connectivity index (χ2n) is 5.55. The maximum Gasteiger partial charge on any atom is 0.270 e. The first-order chi connectivity index (χ1) is 12.9. The van der Waals surface area contributed by atoms with Crippen LogP contribution >= 0.6 is 28.1 Å². The lowest BCUT2D eigenvalue weighted by atomic mass is 10.1. The highest BCUT2D eigenvalue weighted by Gasteiger charge is 2.34. The third kappa shape index (κ3) is 3.86. The van der Waals surface area contributed by atoms with Crippen LogP contribution in [0.2, 0.25) is 0 Å². The van der Waals surface area contributed by atoms with Crippen LogP contribution in [0.5, 0.6) is 11.5 Å². The van der Waals surface area contributed by atoms with Crippen molar-refractivity contribution in [2.75, 3.05) is 19.1 Å². The average Bonchev–Trinajstić information content (AvgIpc) is 2.65. The number of anilines is 1. The molecule has 0 radical (unpaired) electrons. The Kier molecular flexibility index (Phi) is 5.57. The van der Waals surface area contributed by atoms with Gasteiger partial charge in [0.05, 0.1) is 19.9 Å². The molecule has 3 rings (SSSR count). The van der Waals surface area contributed by atoms with E-state index in [1.165, 1.54) is 18.1 Å². The van der Waals surface area contributed by atoms with Crippen molar-refractivity contribution in [2.45, 2.75) is 0 Å². The van der Waals surface area contributed by atoms with Gasteiger partial charge in [0.2, 0.25) is 0 Å². The zero-order valence-corrected chi connectivity index (χ0v) is 16.9. The van der Waals surface area contributed by atoms with Crippen molar-refractivity contribution in [1.82, 2.24) is 5.32 Å². The molecule has 1 N–H and O–H groups in total. The maximum absolute atomic E-state index is 13.0. The Morgan fingerprint density at radius 3 is 2.56 bits per heavy atom. The number of rotatable bonds is 4. The molecule has 0 unspecified atom stereocenters. The molecule has 2 amide bonds. The topological polar surface area (TPSA) is 67.9 Å². The summed E-state index contributed by atoms with van der Waals surface area (Å²) in [7, 11) is 3.05. The van der Waals surface area contributed by atoms with Gasteiger partial charge in [0.25, 0.3) is 11.8 Å². The number of carbonyl (C=O) groups excluding carboxylic acids is 2. The van der Waals surface area contributed by atoms with Gasteiger partial charge >= 0.3 is 0 Å². The predicted molar refractivity (Wildman–Crippen MR) is 110 cm³/mol. The van der Waals surface area contributed by atoms with Crippen LogP contribution in [0, 0.1) is 0 Å². The van der Waals surface area contributed by atoms with E-state index in [-0.39, 0.29) is 10.7 Å². The minimum Gasteiger partial charge on any atom is -0.497 e. The first-order valence-corrected chi connectivity index (χ1v) is 9.03. The number of carbonyl (C=O) groups is 2. The molecule has 0 saturated carbocycles. The summed E-state index contributed by atoms with van der Waals surface area (Å²) in [6.07, 6.45) is 1.47. The number of hydrogen-bond donors (Lipinski definition) is 1. The highest BCUT2D eigenvalue weighted by atomic mass is 79.9. The summed E-state index contributed by atoms with van der Waals surface area (Å²) in [6, 6.07) is 12.2. The van der Waals surface area contributed by atoms with E-state index >= 15 is 0 Å². The summed E-state index contributed by atoms with van der Waals surface area (Å²) in [4.78, 5) is 26.7. The van der Waals surface area contributed by atoms with Gasteiger partial charge in [-0.3, -0.25) is 19.8 Å². The van der Waals surface area contributed by atoms with Gasteiger partial charge in [0, 0.05) is 16.1 Å². The number of benzene rings is 2. The molecule has 1 saturated heterocycles. The summed E-state index contributed by atoms with van der Waals surface area (Å²) >= 11 is 8.57. The Morgan fingerprint density at radius 2 is 1.89 bits per heavy atom. The summed E-state index contributed by atoms with van der Waals surface area (Å²) in [5.41, 5.74) is 1.07. The summed E-state index contributed by atoms with van der Waals surface area (Å²) in [6.45, 7) is 0. The molecule has 0 aromatic heterocycles. The molecule has 0 bridgehead atoms. The number of methoxy groups -OCH3 is 2. The molecule has 8 heteroatoms. The highest BCUT2D eigenvalue weighted by molar-refractivity contribution is 9.10. The number of amides is 2. The number of ether oxygens (including phenoxy) is 2. The van der Waals surface area contributed by atoms with Gasteiger partial charge in [-0.1, -0.05) is 22.0 Å². The Hall–Kier alpha value is -2.71. The largest absolute Gasteiger partial charge is 0.497 e. The fourth-order valence-corrected chi connectivity index (χ4v) is 3.27. The van der Waals surface area contributed by atoms with E-state index < -0.39 is 11.8 Å². The molecule has 1 aliphatic heterocycles. The lowest BCUT2D eigenvalue weighted by molar-refractivity contribution is -0.122. The van der Waals surface area contributed by atoms with Gasteiger partial charge in [-0.2, -0.15) is 0 Å². The van der Waals surface area contributed by atoms with Crippen molar-refractivity contribution in [2.24, 2.45) is 0 Å². The third-order valence-electron chi connectivity index (χ3n) is 3.91. The standard InChI is InChI=1S/C19H15BrN2O4S/c1-25-14-7-6-11(16(10-14)26-2)8-15-17(23)21-19(27)22(18(15)24)13-5-3-4-12(20)9-13/h3-10H,1-2H3,(H,21,23,27)/b15-8-. The molecular formula is C19H15BrN2O4S. The third-order valence-corrected chi connectivity index (χ3v) is 4.69. The van der Waals surface area contributed by atoms with Gasteiger partial charge in [-0.15, -0.1) is 0 Å². The number of nitrogens with one attached hydrogen (secondary N) is 1. The zero-order chi connectivity index (χ0) is 19.6. The quantitative estimate of drug-likeness (QED) is 0.443. The zero-order valence-electron chi connectivity index (χ0n) is 14.5. The minimum atomic E-state index is -0.561. The maximum atomic E-state index is 13.0. The molecule has 138 valence electrons. The molecule has 1 aliphatic rings. The lowest BCUT2D eigenvalue weighted by Crippen LogP contribution is -2.54. The predicted octanol–water partition coefficient (Wildman–Crippen LogP) is 3.30. The highest BCUT2D eigenvalue weighted by Crippen LogP contribution is 2.29. The summed E-state index contributed by atoms with van der Waals surface area (Å²) in [5.74, 6) is 0.00352. The Labute approximate surface area is 169 Å². The molecule has 2 aromatic rings. The monoisotopic (exact) mass is 446 g/mol. The summed E-state index contributed by atoms with van der Waals surface area (Å²) < 4.78 is 11.3. The second-order valence-corrected chi connectivity index (χ2v) is 6.85. The van der Waals surface area contributed by atoms with E-state index in [9.17, 15) is 9.59 Å². The second kappa shape index (κ2) is 7.89. The molecule has 0 spiro atoms. The Balaban J connectivity index is 2.04. The minimum absolute atomic E-state index is 0.0296. The van der Waals surface area contributed by atoms with E-state index in [1.807, 2.05) is 6.07 Å². The Morgan fingerprint density at radius 1 is 1.11 bits per heavy atom. The van der Waals surface area contributed by atoms with Crippen LogP contribution in [0.4, 0.5) is 5.69 Å². The number of halogens is 1. The van der Waals surface area contributed by atoms with Crippen molar-refractivity contribution in [3.05, 3.63) is 58.1 Å². The Bertz CT molecular complexity index is 974. The molecule has 2 aromatic carbocycles. The van der Waals surface area contributed by atoms with Crippen LogP contribution in [-0.4, -0.2) is 31.1 Å². The molecule has 6 nitrogen and oxygen atoms in total. The smallest absolute Gasteiger partial charge is 0.270 e. The molecular weight excluding hydrogens is 432 g/mol. The van der Waals surface area contributed by atoms with Crippen molar-refractivity contribution < 1.29 is 19.1 Å². The van der Waals surface area contributed by atoms with E-state index in [1.54, 1.807) is 43.5 Å². The van der Waals surface area contributed by atoms with Crippen molar-refractivity contribution in [1.29, 1.82) is 0 Å². The van der Waals surface area contributed by atoms with Gasteiger partial charge in [0.15, 0.2) is 5.11 Å².